The van der Waals surface area contributed by atoms with Crippen LogP contribution in [0.1, 0.15) is 24.2 Å². The van der Waals surface area contributed by atoms with E-state index >= 15 is 0 Å². The lowest BCUT2D eigenvalue weighted by Crippen LogP contribution is -2.11. The zero-order valence-corrected chi connectivity index (χ0v) is 10.7. The standard InChI is InChI=1S/C13H15NO5/c1-8(2)18-7-19-10-4-5-12(14-9(3)15)11(6-10)13(16)17/h4-6H,1,7H2,2-3H3,(H,14,15)(H,16,17). The van der Waals surface area contributed by atoms with Crippen molar-refractivity contribution >= 4 is 17.6 Å². The second kappa shape index (κ2) is 6.44. The summed E-state index contributed by atoms with van der Waals surface area (Å²) in [4.78, 5) is 22.0. The third kappa shape index (κ3) is 4.71. The van der Waals surface area contributed by atoms with E-state index in [4.69, 9.17) is 14.6 Å². The quantitative estimate of drug-likeness (QED) is 0.608. The van der Waals surface area contributed by atoms with Crippen molar-refractivity contribution < 1.29 is 24.2 Å². The van der Waals surface area contributed by atoms with Crippen molar-refractivity contribution in [2.45, 2.75) is 13.8 Å². The highest BCUT2D eigenvalue weighted by atomic mass is 16.7. The molecule has 2 N–H and O–H groups in total. The van der Waals surface area contributed by atoms with E-state index < -0.39 is 5.97 Å². The topological polar surface area (TPSA) is 84.9 Å². The van der Waals surface area contributed by atoms with Crippen LogP contribution in [-0.2, 0) is 9.53 Å². The Balaban J connectivity index is 2.86. The van der Waals surface area contributed by atoms with Gasteiger partial charge in [0.25, 0.3) is 0 Å². The first-order chi connectivity index (χ1) is 8.90. The molecule has 1 aromatic rings. The molecule has 0 unspecified atom stereocenters. The van der Waals surface area contributed by atoms with E-state index in [0.717, 1.165) is 0 Å². The number of carbonyl (C=O) groups excluding carboxylic acids is 1. The molecule has 0 aromatic heterocycles. The number of carboxylic acids is 1. The van der Waals surface area contributed by atoms with Gasteiger partial charge in [-0.3, -0.25) is 4.79 Å². The van der Waals surface area contributed by atoms with Gasteiger partial charge in [0, 0.05) is 6.92 Å². The Hall–Kier alpha value is -2.50. The molecule has 19 heavy (non-hydrogen) atoms. The summed E-state index contributed by atoms with van der Waals surface area (Å²) in [6, 6.07) is 4.32. The number of anilines is 1. The maximum atomic E-state index is 11.1. The maximum Gasteiger partial charge on any atom is 0.337 e. The molecule has 0 fully saturated rings. The van der Waals surface area contributed by atoms with Crippen molar-refractivity contribution in [1.29, 1.82) is 0 Å². The van der Waals surface area contributed by atoms with Crippen LogP contribution < -0.4 is 10.1 Å². The van der Waals surface area contributed by atoms with Crippen LogP contribution in [-0.4, -0.2) is 23.8 Å². The Bertz CT molecular complexity index is 510. The van der Waals surface area contributed by atoms with Gasteiger partial charge in [-0.1, -0.05) is 6.58 Å². The molecule has 0 atom stereocenters. The smallest absolute Gasteiger partial charge is 0.337 e. The largest absolute Gasteiger partial charge is 0.478 e. The number of hydrogen-bond donors (Lipinski definition) is 2. The molecular weight excluding hydrogens is 250 g/mol. The molecule has 1 aromatic carbocycles. The second-order valence-corrected chi connectivity index (χ2v) is 3.80. The first-order valence-corrected chi connectivity index (χ1v) is 5.46. The first-order valence-electron chi connectivity index (χ1n) is 5.46. The minimum Gasteiger partial charge on any atom is -0.478 e. The summed E-state index contributed by atoms with van der Waals surface area (Å²) >= 11 is 0. The molecule has 0 radical (unpaired) electrons. The van der Waals surface area contributed by atoms with Gasteiger partial charge in [0.1, 0.15) is 5.75 Å². The number of aromatic carboxylic acids is 1. The molecule has 0 spiro atoms. The number of benzene rings is 1. The predicted octanol–water partition coefficient (Wildman–Crippen LogP) is 2.23. The summed E-state index contributed by atoms with van der Waals surface area (Å²) in [6.07, 6.45) is 0. The molecule has 0 aliphatic carbocycles. The molecule has 0 heterocycles. The molecule has 0 saturated heterocycles. The van der Waals surface area contributed by atoms with Gasteiger partial charge < -0.3 is 19.9 Å². The number of hydrogen-bond acceptors (Lipinski definition) is 4. The Labute approximate surface area is 110 Å². The highest BCUT2D eigenvalue weighted by molar-refractivity contribution is 6.00. The van der Waals surface area contributed by atoms with E-state index in [2.05, 4.69) is 11.9 Å². The second-order valence-electron chi connectivity index (χ2n) is 3.80. The summed E-state index contributed by atoms with van der Waals surface area (Å²) < 4.78 is 10.2. The van der Waals surface area contributed by atoms with Gasteiger partial charge in [-0.15, -0.1) is 0 Å². The molecule has 1 rings (SSSR count). The van der Waals surface area contributed by atoms with Crippen LogP contribution in [0.25, 0.3) is 0 Å². The van der Waals surface area contributed by atoms with E-state index in [1.807, 2.05) is 0 Å². The summed E-state index contributed by atoms with van der Waals surface area (Å²) in [5.74, 6) is -0.683. The van der Waals surface area contributed by atoms with Gasteiger partial charge in [0.15, 0.2) is 0 Å². The minimum absolute atomic E-state index is 0.0528. The molecule has 0 bridgehead atoms. The molecule has 6 nitrogen and oxygen atoms in total. The Morgan fingerprint density at radius 1 is 1.37 bits per heavy atom. The maximum absolute atomic E-state index is 11.1. The summed E-state index contributed by atoms with van der Waals surface area (Å²) in [6.45, 7) is 6.45. The predicted molar refractivity (Wildman–Crippen MR) is 69.1 cm³/mol. The minimum atomic E-state index is -1.16. The lowest BCUT2D eigenvalue weighted by Gasteiger charge is -2.11. The Morgan fingerprint density at radius 2 is 2.05 bits per heavy atom. The number of carbonyl (C=O) groups is 2. The van der Waals surface area contributed by atoms with Gasteiger partial charge in [0.2, 0.25) is 12.7 Å². The number of rotatable bonds is 6. The number of carboxylic acid groups (broad SMARTS) is 1. The summed E-state index contributed by atoms with van der Waals surface area (Å²) in [5, 5.41) is 11.5. The monoisotopic (exact) mass is 265 g/mol. The molecule has 1 amide bonds. The van der Waals surface area contributed by atoms with Crippen LogP contribution in [0, 0.1) is 0 Å². The Morgan fingerprint density at radius 3 is 2.58 bits per heavy atom. The number of ether oxygens (including phenoxy) is 2. The third-order valence-electron chi connectivity index (χ3n) is 2.06. The molecule has 102 valence electrons. The van der Waals surface area contributed by atoms with Gasteiger partial charge in [-0.05, 0) is 25.1 Å². The van der Waals surface area contributed by atoms with E-state index in [1.54, 1.807) is 13.0 Å². The van der Waals surface area contributed by atoms with Gasteiger partial charge in [-0.25, -0.2) is 4.79 Å². The van der Waals surface area contributed by atoms with Gasteiger partial charge in [0.05, 0.1) is 17.0 Å². The fraction of sp³-hybridized carbons (Fsp3) is 0.231. The normalized spacial score (nSPS) is 9.58. The first kappa shape index (κ1) is 14.6. The van der Waals surface area contributed by atoms with Crippen molar-refractivity contribution in [3.8, 4) is 5.75 Å². The molecule has 0 aliphatic rings. The van der Waals surface area contributed by atoms with E-state index in [-0.39, 0.29) is 24.0 Å². The van der Waals surface area contributed by atoms with Gasteiger partial charge >= 0.3 is 5.97 Å². The summed E-state index contributed by atoms with van der Waals surface area (Å²) in [7, 11) is 0. The summed E-state index contributed by atoms with van der Waals surface area (Å²) in [5.41, 5.74) is 0.163. The third-order valence-corrected chi connectivity index (χ3v) is 2.06. The number of nitrogens with one attached hydrogen (secondary N) is 1. The van der Waals surface area contributed by atoms with Crippen LogP contribution in [0.2, 0.25) is 0 Å². The number of amides is 1. The SMILES string of the molecule is C=C(C)OCOc1ccc(NC(C)=O)c(C(=O)O)c1. The van der Waals surface area contributed by atoms with Crippen molar-refractivity contribution in [3.05, 3.63) is 36.1 Å². The molecule has 6 heteroatoms. The fourth-order valence-electron chi connectivity index (χ4n) is 1.29. The highest BCUT2D eigenvalue weighted by Crippen LogP contribution is 2.22. The zero-order valence-electron chi connectivity index (χ0n) is 10.7. The van der Waals surface area contributed by atoms with Crippen molar-refractivity contribution in [2.75, 3.05) is 12.1 Å². The van der Waals surface area contributed by atoms with Gasteiger partial charge in [-0.2, -0.15) is 0 Å². The van der Waals surface area contributed by atoms with Crippen LogP contribution in [0.15, 0.2) is 30.5 Å². The van der Waals surface area contributed by atoms with E-state index in [1.165, 1.54) is 19.1 Å². The Kier molecular flexibility index (Phi) is 4.93. The zero-order chi connectivity index (χ0) is 14.4. The molecule has 0 aliphatic heterocycles. The fourth-order valence-corrected chi connectivity index (χ4v) is 1.29. The van der Waals surface area contributed by atoms with E-state index in [9.17, 15) is 9.59 Å². The van der Waals surface area contributed by atoms with Crippen molar-refractivity contribution in [2.24, 2.45) is 0 Å². The van der Waals surface area contributed by atoms with Crippen LogP contribution >= 0.6 is 0 Å². The highest BCUT2D eigenvalue weighted by Gasteiger charge is 2.12. The number of allylic oxidation sites excluding steroid dienone is 1. The van der Waals surface area contributed by atoms with Crippen LogP contribution in [0.3, 0.4) is 0 Å². The lowest BCUT2D eigenvalue weighted by atomic mass is 10.1. The molecule has 0 saturated carbocycles. The molecular formula is C13H15NO5. The van der Waals surface area contributed by atoms with E-state index in [0.29, 0.717) is 11.5 Å². The van der Waals surface area contributed by atoms with Crippen molar-refractivity contribution in [3.63, 3.8) is 0 Å². The van der Waals surface area contributed by atoms with Crippen molar-refractivity contribution in [1.82, 2.24) is 0 Å². The lowest BCUT2D eigenvalue weighted by molar-refractivity contribution is -0.114. The van der Waals surface area contributed by atoms with Crippen LogP contribution in [0.4, 0.5) is 5.69 Å². The average molecular weight is 265 g/mol. The average Bonchev–Trinajstić information content (AvgIpc) is 2.29. The van der Waals surface area contributed by atoms with Crippen LogP contribution in [0.5, 0.6) is 5.75 Å².